The minimum atomic E-state index is -0.967. The summed E-state index contributed by atoms with van der Waals surface area (Å²) in [5.41, 5.74) is 2.15. The van der Waals surface area contributed by atoms with Gasteiger partial charge in [-0.3, -0.25) is 14.7 Å². The molecule has 0 unspecified atom stereocenters. The van der Waals surface area contributed by atoms with Crippen molar-refractivity contribution in [3.63, 3.8) is 0 Å². The van der Waals surface area contributed by atoms with Crippen LogP contribution in [0, 0.1) is 0 Å². The monoisotopic (exact) mass is 353 g/mol. The Morgan fingerprint density at radius 1 is 1.27 bits per heavy atom. The summed E-state index contributed by atoms with van der Waals surface area (Å²) in [6.07, 6.45) is 3.36. The molecule has 0 aliphatic carbocycles. The molecule has 3 rings (SSSR count). The van der Waals surface area contributed by atoms with E-state index in [0.717, 1.165) is 5.56 Å². The van der Waals surface area contributed by atoms with Crippen LogP contribution in [0.25, 0.3) is 11.3 Å². The van der Waals surface area contributed by atoms with E-state index in [9.17, 15) is 9.90 Å². The molecule has 3 aromatic rings. The summed E-state index contributed by atoms with van der Waals surface area (Å²) in [4.78, 5) is 17.5. The molecule has 0 fully saturated rings. The van der Waals surface area contributed by atoms with E-state index in [1.54, 1.807) is 54.7 Å². The van der Waals surface area contributed by atoms with E-state index >= 15 is 0 Å². The van der Waals surface area contributed by atoms with Crippen LogP contribution in [-0.2, 0) is 11.3 Å². The number of likely N-dealkylation sites (N-methyl/N-ethyl adjacent to an activating group) is 1. The van der Waals surface area contributed by atoms with Gasteiger partial charge in [-0.15, -0.1) is 0 Å². The number of carbonyl (C=O) groups is 1. The van der Waals surface area contributed by atoms with Crippen LogP contribution in [0.4, 0.5) is 0 Å². The van der Waals surface area contributed by atoms with Gasteiger partial charge in [-0.25, -0.2) is 0 Å². The summed E-state index contributed by atoms with van der Waals surface area (Å²) >= 11 is 0. The zero-order valence-electron chi connectivity index (χ0n) is 14.5. The molecule has 0 spiro atoms. The number of aromatic nitrogens is 2. The Morgan fingerprint density at radius 2 is 2.00 bits per heavy atom. The van der Waals surface area contributed by atoms with Crippen molar-refractivity contribution in [3.8, 4) is 17.0 Å². The summed E-state index contributed by atoms with van der Waals surface area (Å²) in [6.45, 7) is 0.285. The summed E-state index contributed by atoms with van der Waals surface area (Å²) in [5.74, 6) is 0.133. The number of nitrogens with zero attached hydrogens (tertiary/aromatic N) is 3. The lowest BCUT2D eigenvalue weighted by atomic mass is 10.0. The number of aliphatic carboxylic acids is 1. The first-order valence-corrected chi connectivity index (χ1v) is 8.02. The molecule has 7 heteroatoms. The highest BCUT2D eigenvalue weighted by Crippen LogP contribution is 2.30. The molecule has 134 valence electrons. The number of pyridine rings is 1. The lowest BCUT2D eigenvalue weighted by Crippen LogP contribution is -2.30. The number of hydrogen-bond donors (Lipinski definition) is 1. The van der Waals surface area contributed by atoms with E-state index in [1.165, 1.54) is 7.11 Å². The van der Waals surface area contributed by atoms with Gasteiger partial charge in [-0.2, -0.15) is 0 Å². The first-order chi connectivity index (χ1) is 12.6. The van der Waals surface area contributed by atoms with Crippen molar-refractivity contribution in [2.45, 2.75) is 12.6 Å². The SMILES string of the molecule is COc1ccccc1[C@H](C(=O)O)N(C)Cc1cc(-c2ccncc2)no1. The molecule has 26 heavy (non-hydrogen) atoms. The van der Waals surface area contributed by atoms with Crippen LogP contribution in [0.1, 0.15) is 17.4 Å². The predicted octanol–water partition coefficient (Wildman–Crippen LogP) is 3.00. The predicted molar refractivity (Wildman–Crippen MR) is 94.6 cm³/mol. The van der Waals surface area contributed by atoms with Crippen LogP contribution in [0.3, 0.4) is 0 Å². The summed E-state index contributed by atoms with van der Waals surface area (Å²) in [6, 6.07) is 11.7. The maximum Gasteiger partial charge on any atom is 0.325 e. The fraction of sp³-hybridized carbons (Fsp3) is 0.211. The molecule has 7 nitrogen and oxygen atoms in total. The highest BCUT2D eigenvalue weighted by atomic mass is 16.5. The molecular weight excluding hydrogens is 334 g/mol. The van der Waals surface area contributed by atoms with Gasteiger partial charge in [-0.1, -0.05) is 23.4 Å². The average Bonchev–Trinajstić information content (AvgIpc) is 3.11. The Hall–Kier alpha value is -3.19. The number of para-hydroxylation sites is 1. The first kappa shape index (κ1) is 17.6. The molecule has 0 aliphatic heterocycles. The Kier molecular flexibility index (Phi) is 5.28. The number of hydrogen-bond acceptors (Lipinski definition) is 6. The van der Waals surface area contributed by atoms with Crippen LogP contribution in [0.15, 0.2) is 59.4 Å². The molecule has 1 aromatic carbocycles. The van der Waals surface area contributed by atoms with Gasteiger partial charge in [0.2, 0.25) is 0 Å². The third-order valence-electron chi connectivity index (χ3n) is 4.05. The molecule has 2 heterocycles. The average molecular weight is 353 g/mol. The first-order valence-electron chi connectivity index (χ1n) is 8.02. The van der Waals surface area contributed by atoms with Crippen LogP contribution < -0.4 is 4.74 Å². The van der Waals surface area contributed by atoms with Crippen LogP contribution in [-0.4, -0.2) is 40.3 Å². The van der Waals surface area contributed by atoms with Crippen LogP contribution in [0.2, 0.25) is 0 Å². The second-order valence-corrected chi connectivity index (χ2v) is 5.81. The third kappa shape index (κ3) is 3.73. The number of benzene rings is 1. The maximum absolute atomic E-state index is 11.9. The molecule has 0 aliphatic rings. The van der Waals surface area contributed by atoms with Crippen molar-refractivity contribution in [3.05, 3.63) is 66.2 Å². The third-order valence-corrected chi connectivity index (χ3v) is 4.05. The number of rotatable bonds is 7. The molecule has 1 atom stereocenters. The number of carboxylic acids is 1. The quantitative estimate of drug-likeness (QED) is 0.698. The zero-order chi connectivity index (χ0) is 18.5. The van der Waals surface area contributed by atoms with Gasteiger partial charge in [0.15, 0.2) is 5.76 Å². The Bertz CT molecular complexity index is 879. The topological polar surface area (TPSA) is 88.7 Å². The highest BCUT2D eigenvalue weighted by molar-refractivity contribution is 5.76. The lowest BCUT2D eigenvalue weighted by Gasteiger charge is -2.25. The van der Waals surface area contributed by atoms with Crippen molar-refractivity contribution in [2.24, 2.45) is 0 Å². The fourth-order valence-electron chi connectivity index (χ4n) is 2.83. The van der Waals surface area contributed by atoms with E-state index in [-0.39, 0.29) is 6.54 Å². The fourth-order valence-corrected chi connectivity index (χ4v) is 2.83. The standard InChI is InChI=1S/C19H19N3O4/c1-22(18(19(23)24)15-5-3-4-6-17(15)25-2)12-14-11-16(21-26-14)13-7-9-20-10-8-13/h3-11,18H,12H2,1-2H3,(H,23,24)/t18-/m1/s1. The zero-order valence-corrected chi connectivity index (χ0v) is 14.5. The highest BCUT2D eigenvalue weighted by Gasteiger charge is 2.28. The largest absolute Gasteiger partial charge is 0.496 e. The van der Waals surface area contributed by atoms with Crippen molar-refractivity contribution in [1.82, 2.24) is 15.0 Å². The van der Waals surface area contributed by atoms with Crippen molar-refractivity contribution in [2.75, 3.05) is 14.2 Å². The van der Waals surface area contributed by atoms with Crippen molar-refractivity contribution >= 4 is 5.97 Å². The molecule has 0 saturated heterocycles. The smallest absolute Gasteiger partial charge is 0.325 e. The molecule has 0 radical (unpaired) electrons. The molecular formula is C19H19N3O4. The van der Waals surface area contributed by atoms with E-state index < -0.39 is 12.0 Å². The molecule has 0 saturated carbocycles. The molecule has 1 N–H and O–H groups in total. The summed E-state index contributed by atoms with van der Waals surface area (Å²) in [7, 11) is 3.25. The minimum absolute atomic E-state index is 0.285. The Labute approximate surface area is 150 Å². The van der Waals surface area contributed by atoms with Gasteiger partial charge in [0.1, 0.15) is 17.5 Å². The van der Waals surface area contributed by atoms with E-state index in [1.807, 2.05) is 12.1 Å². The molecule has 0 bridgehead atoms. The van der Waals surface area contributed by atoms with E-state index in [2.05, 4.69) is 10.1 Å². The van der Waals surface area contributed by atoms with Gasteiger partial charge in [-0.05, 0) is 25.2 Å². The van der Waals surface area contributed by atoms with E-state index in [0.29, 0.717) is 22.8 Å². The van der Waals surface area contributed by atoms with Gasteiger partial charge < -0.3 is 14.4 Å². The van der Waals surface area contributed by atoms with Gasteiger partial charge in [0, 0.05) is 29.6 Å². The Morgan fingerprint density at radius 3 is 2.69 bits per heavy atom. The summed E-state index contributed by atoms with van der Waals surface area (Å²) in [5, 5.41) is 13.8. The minimum Gasteiger partial charge on any atom is -0.496 e. The normalized spacial score (nSPS) is 12.1. The Balaban J connectivity index is 1.82. The second-order valence-electron chi connectivity index (χ2n) is 5.81. The molecule has 2 aromatic heterocycles. The number of methoxy groups -OCH3 is 1. The van der Waals surface area contributed by atoms with Gasteiger partial charge in [0.05, 0.1) is 13.7 Å². The number of ether oxygens (including phenoxy) is 1. The van der Waals surface area contributed by atoms with Gasteiger partial charge >= 0.3 is 5.97 Å². The second kappa shape index (κ2) is 7.79. The van der Waals surface area contributed by atoms with Crippen LogP contribution in [0.5, 0.6) is 5.75 Å². The molecule has 0 amide bonds. The van der Waals surface area contributed by atoms with E-state index in [4.69, 9.17) is 9.26 Å². The van der Waals surface area contributed by atoms with Gasteiger partial charge in [0.25, 0.3) is 0 Å². The van der Waals surface area contributed by atoms with Crippen LogP contribution >= 0.6 is 0 Å². The summed E-state index contributed by atoms with van der Waals surface area (Å²) < 4.78 is 10.7. The van der Waals surface area contributed by atoms with Crippen molar-refractivity contribution < 1.29 is 19.2 Å². The van der Waals surface area contributed by atoms with Crippen molar-refractivity contribution in [1.29, 1.82) is 0 Å². The lowest BCUT2D eigenvalue weighted by molar-refractivity contribution is -0.143. The number of carboxylic acid groups (broad SMARTS) is 1. The maximum atomic E-state index is 11.9.